The first kappa shape index (κ1) is 15.7. The van der Waals surface area contributed by atoms with Gasteiger partial charge in [0.1, 0.15) is 0 Å². The van der Waals surface area contributed by atoms with Crippen molar-refractivity contribution in [2.75, 3.05) is 21.0 Å². The Hall–Kier alpha value is -2.16. The highest BCUT2D eigenvalue weighted by molar-refractivity contribution is 9.10. The molecule has 0 bridgehead atoms. The number of halogens is 1. The van der Waals surface area contributed by atoms with Gasteiger partial charge in [0.05, 0.1) is 30.2 Å². The van der Waals surface area contributed by atoms with Crippen LogP contribution in [0.3, 0.4) is 0 Å². The van der Waals surface area contributed by atoms with Crippen molar-refractivity contribution in [3.63, 3.8) is 0 Å². The minimum absolute atomic E-state index is 0.0705. The van der Waals surface area contributed by atoms with Crippen LogP contribution in [0.2, 0.25) is 0 Å². The highest BCUT2D eigenvalue weighted by Crippen LogP contribution is 2.57. The molecule has 0 fully saturated rings. The zero-order chi connectivity index (χ0) is 16.7. The highest BCUT2D eigenvalue weighted by atomic mass is 79.9. The summed E-state index contributed by atoms with van der Waals surface area (Å²) in [4.78, 5) is 16.9. The van der Waals surface area contributed by atoms with Gasteiger partial charge in [0.2, 0.25) is 18.3 Å². The maximum absolute atomic E-state index is 11.4. The third-order valence-electron chi connectivity index (χ3n) is 3.80. The summed E-state index contributed by atoms with van der Waals surface area (Å²) in [5, 5.41) is 3.79. The van der Waals surface area contributed by atoms with Crippen molar-refractivity contribution in [3.05, 3.63) is 10.0 Å². The van der Waals surface area contributed by atoms with E-state index in [1.807, 2.05) is 0 Å². The number of primary amides is 1. The Morgan fingerprint density at radius 2 is 1.91 bits per heavy atom. The lowest BCUT2D eigenvalue weighted by Gasteiger charge is -2.22. The van der Waals surface area contributed by atoms with Gasteiger partial charge in [0, 0.05) is 0 Å². The molecule has 0 unspecified atom stereocenters. The zero-order valence-corrected chi connectivity index (χ0v) is 14.3. The van der Waals surface area contributed by atoms with Crippen LogP contribution in [0, 0.1) is 5.92 Å². The molecule has 23 heavy (non-hydrogen) atoms. The van der Waals surface area contributed by atoms with E-state index in [4.69, 9.17) is 29.5 Å². The predicted molar refractivity (Wildman–Crippen MR) is 83.0 cm³/mol. The van der Waals surface area contributed by atoms with Gasteiger partial charge in [-0.05, 0) is 15.9 Å². The van der Waals surface area contributed by atoms with Gasteiger partial charge in [-0.15, -0.1) is 0 Å². The van der Waals surface area contributed by atoms with Crippen molar-refractivity contribution in [2.24, 2.45) is 16.8 Å². The molecule has 0 aromatic heterocycles. The fraction of sp³-hybridized carbons (Fsp3) is 0.429. The third-order valence-corrected chi connectivity index (χ3v) is 4.59. The molecule has 2 N–H and O–H groups in total. The van der Waals surface area contributed by atoms with Crippen LogP contribution in [-0.2, 0) is 9.63 Å². The molecule has 0 radical (unpaired) electrons. The summed E-state index contributed by atoms with van der Waals surface area (Å²) < 4.78 is 22.4. The van der Waals surface area contributed by atoms with Gasteiger partial charge >= 0.3 is 0 Å². The summed E-state index contributed by atoms with van der Waals surface area (Å²) in [6.07, 6.45) is -0.578. The zero-order valence-electron chi connectivity index (χ0n) is 12.7. The van der Waals surface area contributed by atoms with E-state index in [0.717, 1.165) is 0 Å². The van der Waals surface area contributed by atoms with Gasteiger partial charge in [0.25, 0.3) is 5.91 Å². The van der Waals surface area contributed by atoms with Gasteiger partial charge < -0.3 is 29.5 Å². The average Bonchev–Trinajstić information content (AvgIpc) is 3.14. The lowest BCUT2D eigenvalue weighted by atomic mass is 9.92. The number of carbonyl (C=O) groups excluding carboxylic acids is 1. The Balaban J connectivity index is 2.15. The molecule has 2 aliphatic heterocycles. The number of nitrogens with zero attached hydrogens (tertiary/aromatic N) is 1. The summed E-state index contributed by atoms with van der Waals surface area (Å²) in [7, 11) is 3.01. The molecule has 2 aliphatic rings. The standard InChI is InChI=1S/C14H15BrN2O6/c1-5-8(14(16)18)17-23-9(5)6-7(15)11-13(22-4-21-11)12(20-3)10(6)19-2/h5,9H,4H2,1-3H3,(H2,16,18)/t5-,9-/m0/s1. The monoisotopic (exact) mass is 386 g/mol. The largest absolute Gasteiger partial charge is 0.492 e. The third kappa shape index (κ3) is 2.26. The van der Waals surface area contributed by atoms with Crippen molar-refractivity contribution in [1.29, 1.82) is 0 Å². The van der Waals surface area contributed by atoms with Crippen LogP contribution >= 0.6 is 15.9 Å². The molecule has 2 heterocycles. The molecule has 9 heteroatoms. The Morgan fingerprint density at radius 1 is 1.26 bits per heavy atom. The number of ether oxygens (including phenoxy) is 4. The topological polar surface area (TPSA) is 102 Å². The minimum atomic E-state index is -0.622. The van der Waals surface area contributed by atoms with Gasteiger partial charge in [-0.2, -0.15) is 0 Å². The molecule has 2 atom stereocenters. The average molecular weight is 387 g/mol. The van der Waals surface area contributed by atoms with Crippen molar-refractivity contribution >= 4 is 27.5 Å². The molecule has 8 nitrogen and oxygen atoms in total. The molecule has 0 saturated heterocycles. The van der Waals surface area contributed by atoms with E-state index >= 15 is 0 Å². The summed E-state index contributed by atoms with van der Waals surface area (Å²) in [5.41, 5.74) is 6.10. The van der Waals surface area contributed by atoms with E-state index in [1.54, 1.807) is 6.92 Å². The minimum Gasteiger partial charge on any atom is -0.492 e. The number of carbonyl (C=O) groups is 1. The predicted octanol–water partition coefficient (Wildman–Crippen LogP) is 1.74. The number of fused-ring (bicyclic) bond motifs is 1. The number of amides is 1. The van der Waals surface area contributed by atoms with Gasteiger partial charge in [-0.25, -0.2) is 0 Å². The van der Waals surface area contributed by atoms with E-state index in [0.29, 0.717) is 33.0 Å². The van der Waals surface area contributed by atoms with Crippen LogP contribution in [0.4, 0.5) is 0 Å². The van der Waals surface area contributed by atoms with Crippen molar-refractivity contribution in [2.45, 2.75) is 13.0 Å². The van der Waals surface area contributed by atoms with E-state index in [1.165, 1.54) is 14.2 Å². The van der Waals surface area contributed by atoms with Crippen LogP contribution in [0.5, 0.6) is 23.0 Å². The number of hydrogen-bond acceptors (Lipinski definition) is 7. The summed E-state index contributed by atoms with van der Waals surface area (Å²) >= 11 is 3.49. The number of rotatable bonds is 4. The maximum atomic E-state index is 11.4. The van der Waals surface area contributed by atoms with E-state index in [-0.39, 0.29) is 18.4 Å². The van der Waals surface area contributed by atoms with E-state index in [9.17, 15) is 4.79 Å². The smallest absolute Gasteiger partial charge is 0.266 e. The highest BCUT2D eigenvalue weighted by Gasteiger charge is 2.41. The van der Waals surface area contributed by atoms with Crippen molar-refractivity contribution in [3.8, 4) is 23.0 Å². The molecule has 1 amide bonds. The first-order valence-electron chi connectivity index (χ1n) is 6.77. The fourth-order valence-electron chi connectivity index (χ4n) is 2.70. The second kappa shape index (κ2) is 5.80. The number of nitrogens with two attached hydrogens (primary N) is 1. The molecular weight excluding hydrogens is 372 g/mol. The number of hydrogen-bond donors (Lipinski definition) is 1. The molecule has 0 aliphatic carbocycles. The van der Waals surface area contributed by atoms with Gasteiger partial charge in [0.15, 0.2) is 23.3 Å². The van der Waals surface area contributed by atoms with Crippen molar-refractivity contribution in [1.82, 2.24) is 0 Å². The second-order valence-corrected chi connectivity index (χ2v) is 5.81. The van der Waals surface area contributed by atoms with Crippen LogP contribution in [0.1, 0.15) is 18.6 Å². The first-order valence-corrected chi connectivity index (χ1v) is 7.57. The van der Waals surface area contributed by atoms with Crippen LogP contribution in [0.25, 0.3) is 0 Å². The van der Waals surface area contributed by atoms with Gasteiger partial charge in [-0.1, -0.05) is 12.1 Å². The lowest BCUT2D eigenvalue weighted by Crippen LogP contribution is -2.28. The van der Waals surface area contributed by atoms with E-state index < -0.39 is 12.0 Å². The molecule has 1 aromatic carbocycles. The number of methoxy groups -OCH3 is 2. The molecular formula is C14H15BrN2O6. The molecule has 1 aromatic rings. The molecule has 3 rings (SSSR count). The maximum Gasteiger partial charge on any atom is 0.266 e. The molecule has 0 spiro atoms. The summed E-state index contributed by atoms with van der Waals surface area (Å²) in [5.74, 6) is 0.760. The quantitative estimate of drug-likeness (QED) is 0.845. The van der Waals surface area contributed by atoms with Crippen LogP contribution < -0.4 is 24.7 Å². The Kier molecular flexibility index (Phi) is 3.97. The number of oxime groups is 1. The fourth-order valence-corrected chi connectivity index (χ4v) is 3.40. The Labute approximate surface area is 140 Å². The number of benzene rings is 1. The summed E-state index contributed by atoms with van der Waals surface area (Å²) in [6.45, 7) is 1.87. The Morgan fingerprint density at radius 3 is 2.48 bits per heavy atom. The van der Waals surface area contributed by atoms with Crippen LogP contribution in [-0.4, -0.2) is 32.6 Å². The van der Waals surface area contributed by atoms with Crippen molar-refractivity contribution < 1.29 is 28.6 Å². The lowest BCUT2D eigenvalue weighted by molar-refractivity contribution is -0.112. The van der Waals surface area contributed by atoms with Crippen LogP contribution in [0.15, 0.2) is 9.63 Å². The second-order valence-electron chi connectivity index (χ2n) is 5.01. The Bertz CT molecular complexity index is 705. The van der Waals surface area contributed by atoms with E-state index in [2.05, 4.69) is 21.1 Å². The summed E-state index contributed by atoms with van der Waals surface area (Å²) in [6, 6.07) is 0. The normalized spacial score (nSPS) is 21.7. The molecule has 0 saturated carbocycles. The molecule has 124 valence electrons. The first-order chi connectivity index (χ1) is 11.0. The SMILES string of the molecule is COc1c2c(c(Br)c([C@H]3ON=C(C(N)=O)[C@@H]3C)c1OC)OCO2. The van der Waals surface area contributed by atoms with Gasteiger partial charge in [-0.3, -0.25) is 4.79 Å².